The minimum absolute atomic E-state index is 0.113. The number of carbonyl (C=O) groups is 1. The fourth-order valence-electron chi connectivity index (χ4n) is 5.06. The maximum Gasteiger partial charge on any atom is 0.308 e. The molecule has 2 fully saturated rings. The Morgan fingerprint density at radius 3 is 1.84 bits per heavy atom. The minimum atomic E-state index is -1.78. The monoisotopic (exact) mass is 634 g/mol. The topological polar surface area (TPSA) is 224 Å². The van der Waals surface area contributed by atoms with Crippen molar-refractivity contribution >= 4 is 16.9 Å². The first-order valence-corrected chi connectivity index (χ1v) is 14.0. The second-order valence-electron chi connectivity index (χ2n) is 10.8. The minimum Gasteiger partial charge on any atom is -0.497 e. The van der Waals surface area contributed by atoms with Crippen molar-refractivity contribution in [2.75, 3.05) is 7.11 Å². The maximum atomic E-state index is 14.3. The summed E-state index contributed by atoms with van der Waals surface area (Å²) in [5, 5.41) is 61.8. The van der Waals surface area contributed by atoms with Gasteiger partial charge in [-0.15, -0.1) is 0 Å². The summed E-state index contributed by atoms with van der Waals surface area (Å²) < 4.78 is 39.4. The van der Waals surface area contributed by atoms with Crippen LogP contribution in [0.1, 0.15) is 20.8 Å². The summed E-state index contributed by atoms with van der Waals surface area (Å²) in [4.78, 5) is 26.1. The van der Waals surface area contributed by atoms with Crippen LogP contribution < -0.4 is 24.4 Å². The Balaban J connectivity index is 1.70. The van der Waals surface area contributed by atoms with Crippen molar-refractivity contribution in [3.63, 3.8) is 0 Å². The van der Waals surface area contributed by atoms with Gasteiger partial charge in [0.2, 0.25) is 23.8 Å². The number of rotatable bonds is 7. The lowest BCUT2D eigenvalue weighted by Crippen LogP contribution is -2.58. The van der Waals surface area contributed by atoms with Gasteiger partial charge in [-0.3, -0.25) is 9.59 Å². The van der Waals surface area contributed by atoms with Crippen LogP contribution in [0.2, 0.25) is 0 Å². The Morgan fingerprint density at radius 2 is 1.31 bits per heavy atom. The number of aliphatic hydroxyl groups is 6. The average molecular weight is 635 g/mol. The van der Waals surface area contributed by atoms with Crippen LogP contribution in [0.25, 0.3) is 22.3 Å². The van der Waals surface area contributed by atoms with Crippen LogP contribution in [-0.2, 0) is 14.3 Å². The van der Waals surface area contributed by atoms with Crippen molar-refractivity contribution < 1.29 is 68.3 Å². The summed E-state index contributed by atoms with van der Waals surface area (Å²) in [6.07, 6.45) is -15.0. The molecular formula is C30H34O15. The van der Waals surface area contributed by atoms with E-state index in [4.69, 9.17) is 32.8 Å². The fraction of sp³-hybridized carbons (Fsp3) is 0.467. The van der Waals surface area contributed by atoms with Gasteiger partial charge < -0.3 is 63.5 Å². The Bertz CT molecular complexity index is 1590. The normalized spacial score (nSPS) is 31.8. The Kier molecular flexibility index (Phi) is 9.34. The van der Waals surface area contributed by atoms with E-state index in [1.54, 1.807) is 24.3 Å². The molecule has 10 atom stereocenters. The van der Waals surface area contributed by atoms with Crippen molar-refractivity contribution in [1.29, 1.82) is 0 Å². The largest absolute Gasteiger partial charge is 0.497 e. The summed E-state index contributed by atoms with van der Waals surface area (Å²) in [5.74, 6) is -1.31. The highest BCUT2D eigenvalue weighted by Crippen LogP contribution is 2.39. The first kappa shape index (κ1) is 32.6. The Labute approximate surface area is 255 Å². The molecule has 1 aromatic heterocycles. The summed E-state index contributed by atoms with van der Waals surface area (Å²) >= 11 is 0. The molecule has 6 N–H and O–H groups in total. The zero-order valence-corrected chi connectivity index (χ0v) is 24.6. The summed E-state index contributed by atoms with van der Waals surface area (Å²) in [5.41, 5.74) is -0.740. The zero-order chi connectivity index (χ0) is 32.7. The second-order valence-corrected chi connectivity index (χ2v) is 10.8. The van der Waals surface area contributed by atoms with Gasteiger partial charge >= 0.3 is 5.97 Å². The van der Waals surface area contributed by atoms with E-state index in [0.29, 0.717) is 11.3 Å². The van der Waals surface area contributed by atoms with Crippen LogP contribution in [0, 0.1) is 0 Å². The molecule has 0 bridgehead atoms. The highest BCUT2D eigenvalue weighted by molar-refractivity contribution is 5.89. The molecule has 2 aliphatic heterocycles. The molecule has 0 aliphatic carbocycles. The molecule has 0 saturated carbocycles. The second kappa shape index (κ2) is 12.9. The third-order valence-electron chi connectivity index (χ3n) is 7.60. The van der Waals surface area contributed by atoms with E-state index in [-0.39, 0.29) is 28.2 Å². The van der Waals surface area contributed by atoms with E-state index in [0.717, 1.165) is 13.0 Å². The number of hydrogen-bond donors (Lipinski definition) is 6. The number of methoxy groups -OCH3 is 1. The predicted molar refractivity (Wildman–Crippen MR) is 152 cm³/mol. The molecule has 244 valence electrons. The van der Waals surface area contributed by atoms with E-state index >= 15 is 0 Å². The first-order valence-electron chi connectivity index (χ1n) is 14.0. The molecule has 15 heteroatoms. The molecule has 5 rings (SSSR count). The summed E-state index contributed by atoms with van der Waals surface area (Å²) in [6, 6.07) is 8.69. The average Bonchev–Trinajstić information content (AvgIpc) is 3.01. The summed E-state index contributed by atoms with van der Waals surface area (Å²) in [6.45, 7) is 4.02. The van der Waals surface area contributed by atoms with Crippen molar-refractivity contribution in [2.24, 2.45) is 0 Å². The SMILES string of the molecule is COc1ccc(-c2oc3cc(OC(C)=O)cc(O[C@@H]4O[C@@H](C)[C@H](O)[C@@H](O)[C@H]4O)c3c(=O)c2O[C@H]2O[C@H](C)[C@@H](O)[C@H](O)[C@@H]2O)cc1. The highest BCUT2D eigenvalue weighted by Gasteiger charge is 2.45. The molecule has 3 aromatic rings. The summed E-state index contributed by atoms with van der Waals surface area (Å²) in [7, 11) is 1.47. The van der Waals surface area contributed by atoms with Gasteiger partial charge in [0, 0.05) is 24.6 Å². The van der Waals surface area contributed by atoms with E-state index in [1.165, 1.54) is 27.0 Å². The molecule has 2 saturated heterocycles. The predicted octanol–water partition coefficient (Wildman–Crippen LogP) is -0.193. The fourth-order valence-corrected chi connectivity index (χ4v) is 5.06. The molecule has 15 nitrogen and oxygen atoms in total. The van der Waals surface area contributed by atoms with Crippen molar-refractivity contribution in [3.8, 4) is 34.3 Å². The van der Waals surface area contributed by atoms with Gasteiger partial charge in [-0.05, 0) is 38.1 Å². The number of benzene rings is 2. The molecule has 0 amide bonds. The Hall–Kier alpha value is -3.80. The van der Waals surface area contributed by atoms with Gasteiger partial charge in [0.1, 0.15) is 64.8 Å². The van der Waals surface area contributed by atoms with Crippen molar-refractivity contribution in [1.82, 2.24) is 0 Å². The standard InChI is InChI=1S/C30H34O15/c1-11-20(32)23(35)25(37)29(40-11)44-18-10-16(42-13(3)31)9-17-19(18)22(34)28(27(43-17)14-5-7-15(39-4)8-6-14)45-30-26(38)24(36)21(33)12(2)41-30/h5-12,20-21,23-26,29-30,32-33,35-38H,1-4H3/t11-,12+,20-,21+,23+,24-,25+,26-,29-,30+/m0/s1. The van der Waals surface area contributed by atoms with Crippen LogP contribution in [0.5, 0.6) is 23.0 Å². The van der Waals surface area contributed by atoms with Gasteiger partial charge in [-0.25, -0.2) is 0 Å². The maximum absolute atomic E-state index is 14.3. The number of esters is 1. The highest BCUT2D eigenvalue weighted by atomic mass is 16.7. The van der Waals surface area contributed by atoms with Gasteiger partial charge in [0.05, 0.1) is 19.3 Å². The molecule has 45 heavy (non-hydrogen) atoms. The third kappa shape index (κ3) is 6.34. The lowest BCUT2D eigenvalue weighted by molar-refractivity contribution is -0.268. The number of aliphatic hydroxyl groups excluding tert-OH is 6. The quantitative estimate of drug-likeness (QED) is 0.146. The zero-order valence-electron chi connectivity index (χ0n) is 24.6. The van der Waals surface area contributed by atoms with Crippen molar-refractivity contribution in [2.45, 2.75) is 82.2 Å². The first-order chi connectivity index (χ1) is 21.3. The number of ether oxygens (including phenoxy) is 6. The molecule has 0 unspecified atom stereocenters. The van der Waals surface area contributed by atoms with Gasteiger partial charge in [0.25, 0.3) is 0 Å². The molecular weight excluding hydrogens is 600 g/mol. The van der Waals surface area contributed by atoms with Crippen molar-refractivity contribution in [3.05, 3.63) is 46.6 Å². The van der Waals surface area contributed by atoms with E-state index < -0.39 is 78.6 Å². The van der Waals surface area contributed by atoms with E-state index in [2.05, 4.69) is 0 Å². The molecule has 3 heterocycles. The molecule has 0 spiro atoms. The third-order valence-corrected chi connectivity index (χ3v) is 7.60. The number of hydrogen-bond acceptors (Lipinski definition) is 15. The number of carbonyl (C=O) groups excluding carboxylic acids is 1. The molecule has 0 radical (unpaired) electrons. The van der Waals surface area contributed by atoms with Crippen LogP contribution in [0.4, 0.5) is 0 Å². The van der Waals surface area contributed by atoms with Gasteiger partial charge in [0.15, 0.2) is 5.76 Å². The molecule has 2 aliphatic rings. The van der Waals surface area contributed by atoms with Crippen LogP contribution in [0.3, 0.4) is 0 Å². The van der Waals surface area contributed by atoms with E-state index in [9.17, 15) is 40.2 Å². The van der Waals surface area contributed by atoms with E-state index in [1.807, 2.05) is 0 Å². The van der Waals surface area contributed by atoms with Gasteiger partial charge in [-0.2, -0.15) is 0 Å². The van der Waals surface area contributed by atoms with Gasteiger partial charge in [-0.1, -0.05) is 0 Å². The smallest absolute Gasteiger partial charge is 0.308 e. The van der Waals surface area contributed by atoms with Crippen LogP contribution >= 0.6 is 0 Å². The lowest BCUT2D eigenvalue weighted by atomic mass is 10.00. The Morgan fingerprint density at radius 1 is 0.756 bits per heavy atom. The van der Waals surface area contributed by atoms with Crippen LogP contribution in [-0.4, -0.2) is 105 Å². The van der Waals surface area contributed by atoms with Crippen LogP contribution in [0.15, 0.2) is 45.6 Å². The lowest BCUT2D eigenvalue weighted by Gasteiger charge is -2.39. The number of fused-ring (bicyclic) bond motifs is 1. The molecule has 2 aromatic carbocycles.